The second-order valence-electron chi connectivity index (χ2n) is 4.57. The van der Waals surface area contributed by atoms with Gasteiger partial charge >= 0.3 is 0 Å². The number of hydrogen-bond donors (Lipinski definition) is 0. The van der Waals surface area contributed by atoms with Crippen LogP contribution in [0.15, 0.2) is 30.5 Å². The molecule has 0 radical (unpaired) electrons. The molecule has 3 heteroatoms. The fraction of sp³-hybridized carbons (Fsp3) is 0.357. The summed E-state index contributed by atoms with van der Waals surface area (Å²) in [5, 5.41) is 0.832. The van der Waals surface area contributed by atoms with E-state index in [0.29, 0.717) is 0 Å². The third-order valence-corrected chi connectivity index (χ3v) is 3.66. The van der Waals surface area contributed by atoms with Crippen LogP contribution in [0, 0.1) is 0 Å². The number of aromatic nitrogens is 2. The Morgan fingerprint density at radius 2 is 2.12 bits per heavy atom. The summed E-state index contributed by atoms with van der Waals surface area (Å²) >= 11 is 6.17. The molecule has 2 nitrogen and oxygen atoms in total. The SMILES string of the molecule is Clc1ccccc1Cc1cn2c(n1)CCCC2. The van der Waals surface area contributed by atoms with Crippen LogP contribution in [-0.4, -0.2) is 9.55 Å². The molecule has 0 saturated carbocycles. The molecule has 1 aliphatic rings. The average molecular weight is 247 g/mol. The molecule has 2 aromatic rings. The van der Waals surface area contributed by atoms with Crippen molar-refractivity contribution >= 4 is 11.6 Å². The highest BCUT2D eigenvalue weighted by Gasteiger charge is 2.12. The van der Waals surface area contributed by atoms with Crippen molar-refractivity contribution < 1.29 is 0 Å². The van der Waals surface area contributed by atoms with Gasteiger partial charge < -0.3 is 4.57 Å². The van der Waals surface area contributed by atoms with Gasteiger partial charge in [-0.05, 0) is 24.5 Å². The normalized spacial score (nSPS) is 14.6. The van der Waals surface area contributed by atoms with Gasteiger partial charge in [0, 0.05) is 30.6 Å². The number of hydrogen-bond acceptors (Lipinski definition) is 1. The molecule has 0 atom stereocenters. The zero-order valence-corrected chi connectivity index (χ0v) is 10.5. The highest BCUT2D eigenvalue weighted by Crippen LogP contribution is 2.20. The molecule has 1 aromatic carbocycles. The van der Waals surface area contributed by atoms with Gasteiger partial charge in [-0.1, -0.05) is 29.8 Å². The predicted octanol–water partition coefficient (Wildman–Crippen LogP) is 3.46. The number of imidazole rings is 1. The lowest BCUT2D eigenvalue weighted by atomic mass is 10.1. The first-order valence-corrected chi connectivity index (χ1v) is 6.49. The molecule has 3 rings (SSSR count). The van der Waals surface area contributed by atoms with E-state index in [1.54, 1.807) is 0 Å². The van der Waals surface area contributed by atoms with Crippen molar-refractivity contribution in [2.75, 3.05) is 0 Å². The van der Waals surface area contributed by atoms with Crippen molar-refractivity contribution in [3.8, 4) is 0 Å². The number of halogens is 1. The molecule has 1 aliphatic heterocycles. The van der Waals surface area contributed by atoms with Crippen LogP contribution in [0.3, 0.4) is 0 Å². The zero-order chi connectivity index (χ0) is 11.7. The first-order chi connectivity index (χ1) is 8.33. The Bertz CT molecular complexity index is 507. The lowest BCUT2D eigenvalue weighted by Crippen LogP contribution is -2.08. The van der Waals surface area contributed by atoms with Gasteiger partial charge in [-0.2, -0.15) is 0 Å². The molecule has 17 heavy (non-hydrogen) atoms. The van der Waals surface area contributed by atoms with E-state index in [4.69, 9.17) is 16.6 Å². The van der Waals surface area contributed by atoms with E-state index in [-0.39, 0.29) is 0 Å². The smallest absolute Gasteiger partial charge is 0.108 e. The molecule has 0 bridgehead atoms. The van der Waals surface area contributed by atoms with Crippen molar-refractivity contribution in [3.05, 3.63) is 52.6 Å². The number of aryl methyl sites for hydroxylation is 2. The zero-order valence-electron chi connectivity index (χ0n) is 9.69. The highest BCUT2D eigenvalue weighted by molar-refractivity contribution is 6.31. The van der Waals surface area contributed by atoms with E-state index < -0.39 is 0 Å². The second kappa shape index (κ2) is 4.53. The van der Waals surface area contributed by atoms with Crippen LogP contribution < -0.4 is 0 Å². The lowest BCUT2D eigenvalue weighted by Gasteiger charge is -2.11. The molecule has 1 aromatic heterocycles. The van der Waals surface area contributed by atoms with E-state index in [0.717, 1.165) is 35.7 Å². The Morgan fingerprint density at radius 1 is 1.24 bits per heavy atom. The van der Waals surface area contributed by atoms with Crippen LogP contribution >= 0.6 is 11.6 Å². The predicted molar refractivity (Wildman–Crippen MR) is 69.4 cm³/mol. The van der Waals surface area contributed by atoms with E-state index in [9.17, 15) is 0 Å². The first kappa shape index (κ1) is 10.8. The van der Waals surface area contributed by atoms with Crippen LogP contribution in [0.4, 0.5) is 0 Å². The molecule has 88 valence electrons. The van der Waals surface area contributed by atoms with E-state index >= 15 is 0 Å². The van der Waals surface area contributed by atoms with Crippen LogP contribution in [0.1, 0.15) is 29.9 Å². The van der Waals surface area contributed by atoms with Gasteiger partial charge in [0.05, 0.1) is 5.69 Å². The van der Waals surface area contributed by atoms with Crippen molar-refractivity contribution in [1.29, 1.82) is 0 Å². The van der Waals surface area contributed by atoms with Gasteiger partial charge in [0.2, 0.25) is 0 Å². The minimum absolute atomic E-state index is 0.832. The molecular weight excluding hydrogens is 232 g/mol. The summed E-state index contributed by atoms with van der Waals surface area (Å²) in [6, 6.07) is 7.99. The van der Waals surface area contributed by atoms with E-state index in [1.807, 2.05) is 18.2 Å². The summed E-state index contributed by atoms with van der Waals surface area (Å²) in [5.41, 5.74) is 2.29. The molecular formula is C14H15ClN2. The Morgan fingerprint density at radius 3 is 2.94 bits per heavy atom. The summed E-state index contributed by atoms with van der Waals surface area (Å²) in [5.74, 6) is 1.23. The monoisotopic (exact) mass is 246 g/mol. The van der Waals surface area contributed by atoms with Gasteiger partial charge in [-0.15, -0.1) is 0 Å². The maximum absolute atomic E-state index is 6.17. The Hall–Kier alpha value is -1.28. The van der Waals surface area contributed by atoms with Gasteiger partial charge in [0.1, 0.15) is 5.82 Å². The second-order valence-corrected chi connectivity index (χ2v) is 4.97. The maximum Gasteiger partial charge on any atom is 0.108 e. The number of fused-ring (bicyclic) bond motifs is 1. The largest absolute Gasteiger partial charge is 0.335 e. The third-order valence-electron chi connectivity index (χ3n) is 3.29. The molecule has 2 heterocycles. The molecule has 0 spiro atoms. The quantitative estimate of drug-likeness (QED) is 0.794. The van der Waals surface area contributed by atoms with E-state index in [1.165, 1.54) is 18.7 Å². The van der Waals surface area contributed by atoms with Crippen LogP contribution in [0.25, 0.3) is 0 Å². The number of rotatable bonds is 2. The van der Waals surface area contributed by atoms with E-state index in [2.05, 4.69) is 16.8 Å². The van der Waals surface area contributed by atoms with Crippen molar-refractivity contribution in [3.63, 3.8) is 0 Å². The number of benzene rings is 1. The summed E-state index contributed by atoms with van der Waals surface area (Å²) in [4.78, 5) is 4.69. The summed E-state index contributed by atoms with van der Waals surface area (Å²) in [6.07, 6.45) is 6.66. The molecule has 0 amide bonds. The Labute approximate surface area is 106 Å². The fourth-order valence-corrected chi connectivity index (χ4v) is 2.60. The maximum atomic E-state index is 6.17. The minimum Gasteiger partial charge on any atom is -0.335 e. The summed E-state index contributed by atoms with van der Waals surface area (Å²) < 4.78 is 2.29. The van der Waals surface area contributed by atoms with Crippen molar-refractivity contribution in [1.82, 2.24) is 9.55 Å². The van der Waals surface area contributed by atoms with Gasteiger partial charge in [-0.3, -0.25) is 0 Å². The number of nitrogens with zero attached hydrogens (tertiary/aromatic N) is 2. The first-order valence-electron chi connectivity index (χ1n) is 6.11. The minimum atomic E-state index is 0.832. The summed E-state index contributed by atoms with van der Waals surface area (Å²) in [7, 11) is 0. The van der Waals surface area contributed by atoms with Gasteiger partial charge in [0.15, 0.2) is 0 Å². The lowest BCUT2D eigenvalue weighted by molar-refractivity contribution is 0.522. The average Bonchev–Trinajstić information content (AvgIpc) is 2.74. The standard InChI is InChI=1S/C14H15ClN2/c15-13-6-2-1-5-11(13)9-12-10-17-8-4-3-7-14(17)16-12/h1-2,5-6,10H,3-4,7-9H2. The fourth-order valence-electron chi connectivity index (χ4n) is 2.39. The summed E-state index contributed by atoms with van der Waals surface area (Å²) in [6.45, 7) is 1.12. The molecule has 0 fully saturated rings. The molecule has 0 unspecified atom stereocenters. The Kier molecular flexibility index (Phi) is 2.89. The van der Waals surface area contributed by atoms with Crippen molar-refractivity contribution in [2.24, 2.45) is 0 Å². The molecule has 0 N–H and O–H groups in total. The van der Waals surface area contributed by atoms with Crippen LogP contribution in [0.2, 0.25) is 5.02 Å². The van der Waals surface area contributed by atoms with Gasteiger partial charge in [0.25, 0.3) is 0 Å². The van der Waals surface area contributed by atoms with Crippen LogP contribution in [-0.2, 0) is 19.4 Å². The Balaban J connectivity index is 1.86. The topological polar surface area (TPSA) is 17.8 Å². The van der Waals surface area contributed by atoms with Crippen LogP contribution in [0.5, 0.6) is 0 Å². The molecule has 0 saturated heterocycles. The molecule has 0 aliphatic carbocycles. The third kappa shape index (κ3) is 2.22. The van der Waals surface area contributed by atoms with Crippen molar-refractivity contribution in [2.45, 2.75) is 32.2 Å². The van der Waals surface area contributed by atoms with Gasteiger partial charge in [-0.25, -0.2) is 4.98 Å². The highest BCUT2D eigenvalue weighted by atomic mass is 35.5.